The van der Waals surface area contributed by atoms with Crippen LogP contribution in [-0.4, -0.2) is 28.2 Å². The van der Waals surface area contributed by atoms with Gasteiger partial charge >= 0.3 is 5.97 Å². The van der Waals surface area contributed by atoms with Crippen molar-refractivity contribution in [2.75, 3.05) is 6.61 Å². The van der Waals surface area contributed by atoms with E-state index < -0.39 is 0 Å². The van der Waals surface area contributed by atoms with Crippen molar-refractivity contribution in [2.45, 2.75) is 57.3 Å². The molecule has 138 valence electrons. The number of esters is 1. The third-order valence-electron chi connectivity index (χ3n) is 6.69. The molecule has 4 fully saturated rings. The van der Waals surface area contributed by atoms with E-state index in [9.17, 15) is 9.59 Å². The van der Waals surface area contributed by atoms with Gasteiger partial charge in [0.2, 0.25) is 0 Å². The Balaban J connectivity index is 1.52. The monoisotopic (exact) mass is 372 g/mol. The lowest BCUT2D eigenvalue weighted by Gasteiger charge is -2.56. The number of aldehydes is 1. The van der Waals surface area contributed by atoms with Crippen molar-refractivity contribution in [3.05, 3.63) is 22.5 Å². The second kappa shape index (κ2) is 5.91. The Bertz CT molecular complexity index is 846. The Morgan fingerprint density at radius 2 is 1.96 bits per heavy atom. The summed E-state index contributed by atoms with van der Waals surface area (Å²) in [7, 11) is 0. The molecule has 4 aliphatic carbocycles. The molecule has 0 radical (unpaired) electrons. The average molecular weight is 372 g/mol. The lowest BCUT2D eigenvalue weighted by molar-refractivity contribution is -0.142. The quantitative estimate of drug-likeness (QED) is 0.592. The fraction of sp³-hybridized carbons (Fsp3) is 0.650. The summed E-state index contributed by atoms with van der Waals surface area (Å²) in [5.74, 6) is 2.23. The molecule has 2 aromatic heterocycles. The number of nitrogens with zero attached hydrogens (tertiary/aromatic N) is 2. The number of carbonyl (C=O) groups excluding carboxylic acids is 2. The van der Waals surface area contributed by atoms with Gasteiger partial charge in [-0.15, -0.1) is 11.3 Å². The van der Waals surface area contributed by atoms with Gasteiger partial charge in [0, 0.05) is 16.5 Å². The van der Waals surface area contributed by atoms with Crippen LogP contribution in [0.1, 0.15) is 66.5 Å². The van der Waals surface area contributed by atoms with Gasteiger partial charge in [0.05, 0.1) is 18.7 Å². The summed E-state index contributed by atoms with van der Waals surface area (Å²) in [6.07, 6.45) is 10.8. The van der Waals surface area contributed by atoms with Crippen molar-refractivity contribution in [3.8, 4) is 0 Å². The number of thiazole rings is 1. The van der Waals surface area contributed by atoms with Crippen molar-refractivity contribution in [2.24, 2.45) is 17.8 Å². The molecule has 4 bridgehead atoms. The first-order chi connectivity index (χ1) is 12.6. The molecular weight excluding hydrogens is 348 g/mol. The number of fused-ring (bicyclic) bond motifs is 1. The summed E-state index contributed by atoms with van der Waals surface area (Å²) in [4.78, 5) is 30.4. The van der Waals surface area contributed by atoms with Crippen LogP contribution in [0, 0.1) is 17.8 Å². The summed E-state index contributed by atoms with van der Waals surface area (Å²) in [5.41, 5.74) is 1.84. The highest BCUT2D eigenvalue weighted by molar-refractivity contribution is 7.17. The largest absolute Gasteiger partial charge is 0.466 e. The SMILES string of the molecule is CCOC(=O)Cc1cn2c(C=O)c(C34CC5CC(CC(C5)C3)C4)nc2s1. The van der Waals surface area contributed by atoms with Crippen molar-refractivity contribution >= 4 is 28.6 Å². The van der Waals surface area contributed by atoms with Crippen LogP contribution in [0.4, 0.5) is 0 Å². The van der Waals surface area contributed by atoms with Gasteiger partial charge in [-0.25, -0.2) is 4.98 Å². The zero-order valence-electron chi connectivity index (χ0n) is 15.1. The third kappa shape index (κ3) is 2.45. The van der Waals surface area contributed by atoms with Crippen LogP contribution < -0.4 is 0 Å². The number of imidazole rings is 1. The molecule has 2 heterocycles. The number of carbonyl (C=O) groups is 2. The number of aromatic nitrogens is 2. The number of hydrogen-bond acceptors (Lipinski definition) is 5. The number of hydrogen-bond donors (Lipinski definition) is 0. The first-order valence-corrected chi connectivity index (χ1v) is 10.5. The highest BCUT2D eigenvalue weighted by Gasteiger charge is 2.53. The Hall–Kier alpha value is -1.69. The Morgan fingerprint density at radius 3 is 2.54 bits per heavy atom. The second-order valence-corrected chi connectivity index (χ2v) is 9.59. The highest BCUT2D eigenvalue weighted by atomic mass is 32.1. The molecule has 0 spiro atoms. The lowest BCUT2D eigenvalue weighted by atomic mass is 9.48. The molecule has 6 heteroatoms. The van der Waals surface area contributed by atoms with E-state index in [0.717, 1.165) is 39.6 Å². The highest BCUT2D eigenvalue weighted by Crippen LogP contribution is 2.60. The van der Waals surface area contributed by atoms with E-state index in [2.05, 4.69) is 0 Å². The zero-order valence-corrected chi connectivity index (χ0v) is 15.9. The van der Waals surface area contributed by atoms with Crippen LogP contribution in [0.2, 0.25) is 0 Å². The fourth-order valence-electron chi connectivity index (χ4n) is 6.25. The fourth-order valence-corrected chi connectivity index (χ4v) is 7.22. The van der Waals surface area contributed by atoms with Crippen molar-refractivity contribution in [1.82, 2.24) is 9.38 Å². The molecule has 0 amide bonds. The van der Waals surface area contributed by atoms with Crippen LogP contribution in [0.25, 0.3) is 4.96 Å². The standard InChI is InChI=1S/C20H24N2O3S/c1-2-25-17(24)6-15-10-22-16(11-23)18(21-19(22)26-15)20-7-12-3-13(8-20)5-14(4-12)9-20/h10-14H,2-9H2,1H3. The van der Waals surface area contributed by atoms with Gasteiger partial charge in [0.25, 0.3) is 0 Å². The maximum absolute atomic E-state index is 12.0. The molecule has 0 atom stereocenters. The molecular formula is C20H24N2O3S. The normalized spacial score (nSPS) is 32.3. The van der Waals surface area contributed by atoms with Crippen molar-refractivity contribution in [1.29, 1.82) is 0 Å². The van der Waals surface area contributed by atoms with E-state index >= 15 is 0 Å². The summed E-state index contributed by atoms with van der Waals surface area (Å²) in [6.45, 7) is 2.19. The summed E-state index contributed by atoms with van der Waals surface area (Å²) in [6, 6.07) is 0. The number of ether oxygens (including phenoxy) is 1. The maximum atomic E-state index is 12.0. The predicted octanol–water partition coefficient (Wildman–Crippen LogP) is 3.78. The van der Waals surface area contributed by atoms with Gasteiger partial charge in [-0.05, 0) is 63.2 Å². The smallest absolute Gasteiger partial charge is 0.311 e. The molecule has 0 unspecified atom stereocenters. The van der Waals surface area contributed by atoms with Gasteiger partial charge in [0.15, 0.2) is 11.2 Å². The Morgan fingerprint density at radius 1 is 1.31 bits per heavy atom. The minimum atomic E-state index is -0.231. The first-order valence-electron chi connectivity index (χ1n) is 9.72. The average Bonchev–Trinajstić information content (AvgIpc) is 3.10. The minimum Gasteiger partial charge on any atom is -0.466 e. The van der Waals surface area contributed by atoms with E-state index in [1.54, 1.807) is 6.92 Å². The van der Waals surface area contributed by atoms with Crippen LogP contribution in [0.3, 0.4) is 0 Å². The summed E-state index contributed by atoms with van der Waals surface area (Å²) in [5, 5.41) is 0. The molecule has 0 N–H and O–H groups in total. The zero-order chi connectivity index (χ0) is 17.9. The topological polar surface area (TPSA) is 60.7 Å². The first kappa shape index (κ1) is 16.5. The molecule has 5 nitrogen and oxygen atoms in total. The predicted molar refractivity (Wildman–Crippen MR) is 98.6 cm³/mol. The van der Waals surface area contributed by atoms with Gasteiger partial charge in [-0.1, -0.05) is 0 Å². The summed E-state index contributed by atoms with van der Waals surface area (Å²) < 4.78 is 6.93. The number of rotatable bonds is 5. The molecule has 0 aromatic carbocycles. The molecule has 0 aliphatic heterocycles. The van der Waals surface area contributed by atoms with Crippen LogP contribution in [0.5, 0.6) is 0 Å². The molecule has 4 saturated carbocycles. The Labute approximate surface area is 156 Å². The van der Waals surface area contributed by atoms with Crippen molar-refractivity contribution in [3.63, 3.8) is 0 Å². The van der Waals surface area contributed by atoms with Gasteiger partial charge < -0.3 is 4.74 Å². The van der Waals surface area contributed by atoms with E-state index in [1.165, 1.54) is 49.9 Å². The van der Waals surface area contributed by atoms with Crippen LogP contribution >= 0.6 is 11.3 Å². The van der Waals surface area contributed by atoms with Crippen LogP contribution in [0.15, 0.2) is 6.20 Å². The molecule has 6 rings (SSSR count). The van der Waals surface area contributed by atoms with Gasteiger partial charge in [0.1, 0.15) is 5.69 Å². The van der Waals surface area contributed by atoms with Gasteiger partial charge in [-0.2, -0.15) is 0 Å². The van der Waals surface area contributed by atoms with Crippen LogP contribution in [-0.2, 0) is 21.4 Å². The van der Waals surface area contributed by atoms with Crippen molar-refractivity contribution < 1.29 is 14.3 Å². The van der Waals surface area contributed by atoms with E-state index in [4.69, 9.17) is 9.72 Å². The third-order valence-corrected chi connectivity index (χ3v) is 7.67. The Kier molecular flexibility index (Phi) is 3.75. The molecule has 0 saturated heterocycles. The molecule has 2 aromatic rings. The van der Waals surface area contributed by atoms with Gasteiger partial charge in [-0.3, -0.25) is 14.0 Å². The van der Waals surface area contributed by atoms with E-state index in [1.807, 2.05) is 10.6 Å². The molecule has 4 aliphatic rings. The van der Waals surface area contributed by atoms with E-state index in [0.29, 0.717) is 12.3 Å². The maximum Gasteiger partial charge on any atom is 0.311 e. The lowest BCUT2D eigenvalue weighted by Crippen LogP contribution is -2.49. The minimum absolute atomic E-state index is 0.109. The van der Waals surface area contributed by atoms with E-state index in [-0.39, 0.29) is 17.8 Å². The summed E-state index contributed by atoms with van der Waals surface area (Å²) >= 11 is 1.50. The second-order valence-electron chi connectivity index (χ2n) is 8.49. The molecule has 26 heavy (non-hydrogen) atoms.